The van der Waals surface area contributed by atoms with Gasteiger partial charge >= 0.3 is 0 Å². The summed E-state index contributed by atoms with van der Waals surface area (Å²) in [5.74, 6) is 3.90. The summed E-state index contributed by atoms with van der Waals surface area (Å²) in [7, 11) is 1.63. The number of hydrogen-bond acceptors (Lipinski definition) is 2. The van der Waals surface area contributed by atoms with Crippen LogP contribution in [0.3, 0.4) is 0 Å². The Balaban J connectivity index is 2.08. The van der Waals surface area contributed by atoms with Crippen LogP contribution >= 0.6 is 0 Å². The number of amides is 1. The number of rotatable bonds is 1. The van der Waals surface area contributed by atoms with E-state index in [1.807, 2.05) is 24.3 Å². The molecule has 2 rings (SSSR count). The molecule has 1 aromatic carbocycles. The normalized spacial score (nSPS) is 14.6. The fraction of sp³-hybridized carbons (Fsp3) is 0.308. The first-order valence-corrected chi connectivity index (χ1v) is 5.25. The van der Waals surface area contributed by atoms with Gasteiger partial charge in [0, 0.05) is 24.6 Å². The van der Waals surface area contributed by atoms with Crippen LogP contribution in [0.4, 0.5) is 0 Å². The SMILES string of the molecule is COc1ccc(C#CN2CCCC2=O)cc1. The van der Waals surface area contributed by atoms with Crippen LogP contribution in [0.5, 0.6) is 5.75 Å². The third-order valence-corrected chi connectivity index (χ3v) is 2.50. The molecular weight excluding hydrogens is 202 g/mol. The fourth-order valence-corrected chi connectivity index (χ4v) is 1.57. The predicted octanol–water partition coefficient (Wildman–Crippen LogP) is 1.63. The average Bonchev–Trinajstić information content (AvgIpc) is 2.73. The van der Waals surface area contributed by atoms with Gasteiger partial charge < -0.3 is 4.74 Å². The molecule has 1 aliphatic heterocycles. The Bertz CT molecular complexity index is 439. The summed E-state index contributed by atoms with van der Waals surface area (Å²) in [4.78, 5) is 12.9. The zero-order valence-corrected chi connectivity index (χ0v) is 9.19. The van der Waals surface area contributed by atoms with E-state index < -0.39 is 0 Å². The van der Waals surface area contributed by atoms with Gasteiger partial charge in [-0.3, -0.25) is 9.69 Å². The minimum atomic E-state index is 0.126. The van der Waals surface area contributed by atoms with E-state index in [0.717, 1.165) is 24.3 Å². The lowest BCUT2D eigenvalue weighted by Crippen LogP contribution is -2.17. The molecule has 0 spiro atoms. The van der Waals surface area contributed by atoms with Gasteiger partial charge in [0.2, 0.25) is 5.91 Å². The van der Waals surface area contributed by atoms with Gasteiger partial charge in [0.15, 0.2) is 0 Å². The average molecular weight is 215 g/mol. The van der Waals surface area contributed by atoms with Crippen molar-refractivity contribution in [2.75, 3.05) is 13.7 Å². The molecule has 0 aliphatic carbocycles. The van der Waals surface area contributed by atoms with Gasteiger partial charge in [-0.15, -0.1) is 0 Å². The van der Waals surface area contributed by atoms with Gasteiger partial charge in [0.1, 0.15) is 5.75 Å². The highest BCUT2D eigenvalue weighted by Gasteiger charge is 2.17. The van der Waals surface area contributed by atoms with Crippen LogP contribution in [0.1, 0.15) is 18.4 Å². The third-order valence-electron chi connectivity index (χ3n) is 2.50. The van der Waals surface area contributed by atoms with E-state index in [4.69, 9.17) is 4.74 Å². The maximum atomic E-state index is 11.3. The molecule has 1 aromatic rings. The van der Waals surface area contributed by atoms with Gasteiger partial charge in [0.05, 0.1) is 7.11 Å². The maximum Gasteiger partial charge on any atom is 0.234 e. The molecule has 3 nitrogen and oxygen atoms in total. The van der Waals surface area contributed by atoms with Crippen molar-refractivity contribution >= 4 is 5.91 Å². The van der Waals surface area contributed by atoms with Crippen LogP contribution in [-0.2, 0) is 4.79 Å². The second-order valence-electron chi connectivity index (χ2n) is 3.61. The van der Waals surface area contributed by atoms with Crippen molar-refractivity contribution < 1.29 is 9.53 Å². The van der Waals surface area contributed by atoms with E-state index in [1.54, 1.807) is 12.0 Å². The highest BCUT2D eigenvalue weighted by Crippen LogP contribution is 2.11. The molecular formula is C13H13NO2. The Morgan fingerprint density at radius 1 is 1.31 bits per heavy atom. The Labute approximate surface area is 95.0 Å². The Kier molecular flexibility index (Phi) is 3.11. The molecule has 1 saturated heterocycles. The van der Waals surface area contributed by atoms with Crippen molar-refractivity contribution in [3.05, 3.63) is 29.8 Å². The zero-order chi connectivity index (χ0) is 11.4. The highest BCUT2D eigenvalue weighted by atomic mass is 16.5. The highest BCUT2D eigenvalue weighted by molar-refractivity contribution is 5.80. The monoisotopic (exact) mass is 215 g/mol. The van der Waals surface area contributed by atoms with Crippen molar-refractivity contribution in [2.45, 2.75) is 12.8 Å². The number of benzene rings is 1. The van der Waals surface area contributed by atoms with E-state index in [9.17, 15) is 4.79 Å². The summed E-state index contributed by atoms with van der Waals surface area (Å²) >= 11 is 0. The second kappa shape index (κ2) is 4.71. The van der Waals surface area contributed by atoms with Crippen molar-refractivity contribution in [3.63, 3.8) is 0 Å². The number of nitrogens with zero attached hydrogens (tertiary/aromatic N) is 1. The lowest BCUT2D eigenvalue weighted by Gasteiger charge is -2.03. The van der Waals surface area contributed by atoms with Crippen molar-refractivity contribution in [1.29, 1.82) is 0 Å². The molecule has 0 N–H and O–H groups in total. The number of methoxy groups -OCH3 is 1. The molecule has 0 unspecified atom stereocenters. The molecule has 82 valence electrons. The standard InChI is InChI=1S/C13H13NO2/c1-16-12-6-4-11(5-7-12)8-10-14-9-2-3-13(14)15/h4-7H,2-3,9H2,1H3. The smallest absolute Gasteiger partial charge is 0.234 e. The lowest BCUT2D eigenvalue weighted by molar-refractivity contribution is -0.124. The molecule has 0 atom stereocenters. The van der Waals surface area contributed by atoms with E-state index in [1.165, 1.54) is 0 Å². The Hall–Kier alpha value is -1.95. The number of carbonyl (C=O) groups is 1. The number of hydrogen-bond donors (Lipinski definition) is 0. The number of carbonyl (C=O) groups excluding carboxylic acids is 1. The summed E-state index contributed by atoms with van der Waals surface area (Å²) in [6, 6.07) is 10.4. The van der Waals surface area contributed by atoms with Crippen LogP contribution in [0, 0.1) is 12.0 Å². The van der Waals surface area contributed by atoms with E-state index in [0.29, 0.717) is 6.42 Å². The van der Waals surface area contributed by atoms with E-state index in [2.05, 4.69) is 12.0 Å². The molecule has 16 heavy (non-hydrogen) atoms. The zero-order valence-electron chi connectivity index (χ0n) is 9.19. The largest absolute Gasteiger partial charge is 0.497 e. The second-order valence-corrected chi connectivity index (χ2v) is 3.61. The minimum Gasteiger partial charge on any atom is -0.497 e. The third kappa shape index (κ3) is 2.34. The molecule has 0 saturated carbocycles. The molecule has 0 radical (unpaired) electrons. The molecule has 1 heterocycles. The van der Waals surface area contributed by atoms with E-state index in [-0.39, 0.29) is 5.91 Å². The quantitative estimate of drug-likeness (QED) is 0.666. The summed E-state index contributed by atoms with van der Waals surface area (Å²) in [5.41, 5.74) is 0.889. The molecule has 0 bridgehead atoms. The van der Waals surface area contributed by atoms with E-state index >= 15 is 0 Å². The predicted molar refractivity (Wildman–Crippen MR) is 60.8 cm³/mol. The molecule has 1 fully saturated rings. The maximum absolute atomic E-state index is 11.3. The summed E-state index contributed by atoms with van der Waals surface area (Å²) in [6.45, 7) is 0.752. The van der Waals surface area contributed by atoms with Gasteiger partial charge in [-0.05, 0) is 36.6 Å². The van der Waals surface area contributed by atoms with Gasteiger partial charge in [-0.25, -0.2) is 0 Å². The summed E-state index contributed by atoms with van der Waals surface area (Å²) in [6.07, 6.45) is 1.54. The first-order chi connectivity index (χ1) is 7.79. The van der Waals surface area contributed by atoms with Crippen molar-refractivity contribution in [1.82, 2.24) is 4.90 Å². The molecule has 0 aromatic heterocycles. The van der Waals surface area contributed by atoms with Crippen LogP contribution in [0.2, 0.25) is 0 Å². The Morgan fingerprint density at radius 2 is 2.06 bits per heavy atom. The van der Waals surface area contributed by atoms with Crippen LogP contribution in [0.15, 0.2) is 24.3 Å². The Morgan fingerprint density at radius 3 is 2.62 bits per heavy atom. The number of ether oxygens (including phenoxy) is 1. The van der Waals surface area contributed by atoms with Crippen molar-refractivity contribution in [3.8, 4) is 17.7 Å². The first kappa shape index (κ1) is 10.6. The van der Waals surface area contributed by atoms with Gasteiger partial charge in [-0.2, -0.15) is 0 Å². The van der Waals surface area contributed by atoms with Crippen LogP contribution < -0.4 is 4.74 Å². The minimum absolute atomic E-state index is 0.126. The summed E-state index contributed by atoms with van der Waals surface area (Å²) < 4.78 is 5.05. The topological polar surface area (TPSA) is 29.5 Å². The van der Waals surface area contributed by atoms with Crippen LogP contribution in [0.25, 0.3) is 0 Å². The van der Waals surface area contributed by atoms with Gasteiger partial charge in [0.25, 0.3) is 0 Å². The molecule has 1 aliphatic rings. The van der Waals surface area contributed by atoms with Crippen LogP contribution in [-0.4, -0.2) is 24.5 Å². The lowest BCUT2D eigenvalue weighted by atomic mass is 10.2. The van der Waals surface area contributed by atoms with Gasteiger partial charge in [-0.1, -0.05) is 0 Å². The fourth-order valence-electron chi connectivity index (χ4n) is 1.57. The molecule has 3 heteroatoms. The van der Waals surface area contributed by atoms with Crippen molar-refractivity contribution in [2.24, 2.45) is 0 Å². The molecule has 1 amide bonds. The summed E-state index contributed by atoms with van der Waals surface area (Å²) in [5, 5.41) is 0. The number of likely N-dealkylation sites (tertiary alicyclic amines) is 1. The first-order valence-electron chi connectivity index (χ1n) is 5.25.